The highest BCUT2D eigenvalue weighted by molar-refractivity contribution is 14.1. The van der Waals surface area contributed by atoms with Crippen LogP contribution in [0.3, 0.4) is 0 Å². The maximum Gasteiger partial charge on any atom is 0.320 e. The molecule has 2 aromatic heterocycles. The maximum atomic E-state index is 11.9. The van der Waals surface area contributed by atoms with Crippen LogP contribution >= 0.6 is 22.6 Å². The van der Waals surface area contributed by atoms with Crippen molar-refractivity contribution in [2.45, 2.75) is 12.5 Å². The van der Waals surface area contributed by atoms with Gasteiger partial charge in [-0.15, -0.1) is 6.58 Å². The lowest BCUT2D eigenvalue weighted by molar-refractivity contribution is -0.159. The second kappa shape index (κ2) is 7.49. The van der Waals surface area contributed by atoms with Crippen molar-refractivity contribution in [3.63, 3.8) is 0 Å². The van der Waals surface area contributed by atoms with Gasteiger partial charge in [-0.1, -0.05) is 6.08 Å². The summed E-state index contributed by atoms with van der Waals surface area (Å²) in [6, 6.07) is -0.372. The summed E-state index contributed by atoms with van der Waals surface area (Å²) in [7, 11) is 2.45. The molecule has 0 saturated carbocycles. The quantitative estimate of drug-likeness (QED) is 0.225. The first kappa shape index (κ1) is 17.3. The minimum absolute atomic E-state index is 0.138. The van der Waals surface area contributed by atoms with Gasteiger partial charge in [0.1, 0.15) is 15.5 Å². The molecule has 0 radical (unpaired) electrons. The summed E-state index contributed by atoms with van der Waals surface area (Å²) >= 11 is 2.08. The molecule has 0 amide bonds. The molecule has 0 bridgehead atoms. The van der Waals surface area contributed by atoms with E-state index in [1.807, 2.05) is 0 Å². The summed E-state index contributed by atoms with van der Waals surface area (Å²) in [5.41, 5.74) is 1.25. The van der Waals surface area contributed by atoms with E-state index in [0.717, 1.165) is 0 Å². The molecule has 1 unspecified atom stereocenters. The summed E-state index contributed by atoms with van der Waals surface area (Å²) in [5.74, 6) is -2.36. The second-order valence-electron chi connectivity index (χ2n) is 4.63. The number of allylic oxidation sites excluding steroid dienone is 1. The topological polar surface area (TPSA) is 96.2 Å². The summed E-state index contributed by atoms with van der Waals surface area (Å²) in [6.45, 7) is 3.78. The van der Waals surface area contributed by atoms with Crippen LogP contribution in [0.2, 0.25) is 0 Å². The Labute approximate surface area is 146 Å². The highest BCUT2D eigenvalue weighted by Crippen LogP contribution is 2.26. The normalized spacial score (nSPS) is 12.2. The van der Waals surface area contributed by atoms with Crippen LogP contribution in [-0.4, -0.2) is 45.7 Å². The molecular formula is C14H15IN4O4. The lowest BCUT2D eigenvalue weighted by atomic mass is 9.99. The number of esters is 2. The van der Waals surface area contributed by atoms with E-state index in [1.54, 1.807) is 17.0 Å². The first-order chi connectivity index (χ1) is 11.0. The van der Waals surface area contributed by atoms with Crippen LogP contribution in [0.5, 0.6) is 0 Å². The molecule has 2 aromatic rings. The Morgan fingerprint density at radius 1 is 1.30 bits per heavy atom. The van der Waals surface area contributed by atoms with Gasteiger partial charge in [-0.05, 0) is 29.0 Å². The zero-order chi connectivity index (χ0) is 17.0. The second-order valence-corrected chi connectivity index (χ2v) is 5.65. The molecule has 2 rings (SSSR count). The Morgan fingerprint density at radius 2 is 1.96 bits per heavy atom. The Bertz CT molecular complexity index is 729. The van der Waals surface area contributed by atoms with Crippen LogP contribution < -0.4 is 0 Å². The average molecular weight is 430 g/mol. The van der Waals surface area contributed by atoms with Crippen LogP contribution in [0.4, 0.5) is 0 Å². The van der Waals surface area contributed by atoms with Gasteiger partial charge in [0.25, 0.3) is 0 Å². The smallest absolute Gasteiger partial charge is 0.320 e. The third-order valence-electron chi connectivity index (χ3n) is 3.40. The fourth-order valence-electron chi connectivity index (χ4n) is 2.23. The summed E-state index contributed by atoms with van der Waals surface area (Å²) in [4.78, 5) is 36.2. The summed E-state index contributed by atoms with van der Waals surface area (Å²) in [6.07, 6.45) is 4.78. The third kappa shape index (κ3) is 3.49. The van der Waals surface area contributed by atoms with E-state index in [1.165, 1.54) is 20.5 Å². The summed E-state index contributed by atoms with van der Waals surface area (Å²) < 4.78 is 11.9. The molecule has 0 aliphatic heterocycles. The van der Waals surface area contributed by atoms with Crippen molar-refractivity contribution in [1.29, 1.82) is 0 Å². The molecule has 122 valence electrons. The number of carbonyl (C=O) groups is 2. The number of halogens is 1. The maximum absolute atomic E-state index is 11.9. The zero-order valence-electron chi connectivity index (χ0n) is 12.6. The van der Waals surface area contributed by atoms with E-state index < -0.39 is 17.9 Å². The number of fused-ring (bicyclic) bond motifs is 1. The van der Waals surface area contributed by atoms with Gasteiger partial charge in [0.15, 0.2) is 11.6 Å². The number of rotatable bonds is 6. The number of carbonyl (C=O) groups excluding carboxylic acids is 2. The zero-order valence-corrected chi connectivity index (χ0v) is 14.8. The Balaban J connectivity index is 2.39. The largest absolute Gasteiger partial charge is 0.468 e. The van der Waals surface area contributed by atoms with Crippen LogP contribution in [-0.2, 0) is 19.1 Å². The lowest BCUT2D eigenvalue weighted by Gasteiger charge is -2.19. The first-order valence-corrected chi connectivity index (χ1v) is 7.72. The molecule has 0 aliphatic rings. The van der Waals surface area contributed by atoms with E-state index in [0.29, 0.717) is 14.9 Å². The van der Waals surface area contributed by atoms with Gasteiger partial charge < -0.3 is 14.0 Å². The Kier molecular flexibility index (Phi) is 5.64. The predicted molar refractivity (Wildman–Crippen MR) is 89.4 cm³/mol. The van der Waals surface area contributed by atoms with Crippen LogP contribution in [0.1, 0.15) is 12.5 Å². The number of nitrogens with zero attached hydrogens (tertiary/aromatic N) is 4. The van der Waals surface area contributed by atoms with E-state index in [-0.39, 0.29) is 12.5 Å². The van der Waals surface area contributed by atoms with Crippen LogP contribution in [0.15, 0.2) is 25.3 Å². The molecule has 0 spiro atoms. The Hall–Kier alpha value is -2.04. The highest BCUT2D eigenvalue weighted by Gasteiger charge is 2.32. The van der Waals surface area contributed by atoms with Gasteiger partial charge in [-0.3, -0.25) is 9.59 Å². The number of ether oxygens (including phenoxy) is 2. The molecule has 2 heterocycles. The van der Waals surface area contributed by atoms with Crippen molar-refractivity contribution in [3.05, 3.63) is 29.0 Å². The van der Waals surface area contributed by atoms with Crippen molar-refractivity contribution in [3.8, 4) is 0 Å². The Morgan fingerprint density at radius 3 is 2.52 bits per heavy atom. The molecule has 1 atom stereocenters. The molecule has 0 aliphatic carbocycles. The molecule has 8 nitrogen and oxygen atoms in total. The standard InChI is InChI=1S/C14H15IN4O4/c1-4-8(5-9(13(20)22-2)14(21)23-3)19-7-18-12-10(19)11(15)16-6-17-12/h4,6-9H,1,5H2,2-3H3. The van der Waals surface area contributed by atoms with Gasteiger partial charge in [-0.2, -0.15) is 0 Å². The fraction of sp³-hybridized carbons (Fsp3) is 0.357. The van der Waals surface area contributed by atoms with Gasteiger partial charge in [-0.25, -0.2) is 15.0 Å². The van der Waals surface area contributed by atoms with Gasteiger partial charge in [0.05, 0.1) is 26.6 Å². The van der Waals surface area contributed by atoms with Crippen molar-refractivity contribution in [2.75, 3.05) is 14.2 Å². The van der Waals surface area contributed by atoms with Crippen molar-refractivity contribution >= 4 is 45.7 Å². The van der Waals surface area contributed by atoms with Gasteiger partial charge in [0, 0.05) is 0 Å². The van der Waals surface area contributed by atoms with Gasteiger partial charge in [0.2, 0.25) is 0 Å². The minimum atomic E-state index is -1.05. The fourth-order valence-corrected chi connectivity index (χ4v) is 2.87. The van der Waals surface area contributed by atoms with Crippen LogP contribution in [0.25, 0.3) is 11.2 Å². The monoisotopic (exact) mass is 430 g/mol. The lowest BCUT2D eigenvalue weighted by Crippen LogP contribution is -2.29. The number of hydrogen-bond donors (Lipinski definition) is 0. The molecule has 0 fully saturated rings. The van der Waals surface area contributed by atoms with E-state index >= 15 is 0 Å². The van der Waals surface area contributed by atoms with Crippen molar-refractivity contribution < 1.29 is 19.1 Å². The van der Waals surface area contributed by atoms with E-state index in [9.17, 15) is 9.59 Å². The average Bonchev–Trinajstić information content (AvgIpc) is 3.00. The number of aromatic nitrogens is 4. The van der Waals surface area contributed by atoms with E-state index in [4.69, 9.17) is 0 Å². The molecule has 23 heavy (non-hydrogen) atoms. The molecule has 0 saturated heterocycles. The first-order valence-electron chi connectivity index (χ1n) is 6.64. The minimum Gasteiger partial charge on any atom is -0.468 e. The molecule has 0 aromatic carbocycles. The molecule has 9 heteroatoms. The molecule has 0 N–H and O–H groups in total. The third-order valence-corrected chi connectivity index (χ3v) is 4.19. The summed E-state index contributed by atoms with van der Waals surface area (Å²) in [5, 5.41) is 0. The van der Waals surface area contributed by atoms with Crippen molar-refractivity contribution in [1.82, 2.24) is 19.5 Å². The van der Waals surface area contributed by atoms with Gasteiger partial charge >= 0.3 is 11.9 Å². The number of methoxy groups -OCH3 is 2. The van der Waals surface area contributed by atoms with E-state index in [2.05, 4.69) is 53.6 Å². The SMILES string of the molecule is C=CC(CC(C(=O)OC)C(=O)OC)n1cnc2ncnc(I)c21. The highest BCUT2D eigenvalue weighted by atomic mass is 127. The molecular weight excluding hydrogens is 415 g/mol. The number of hydrogen-bond acceptors (Lipinski definition) is 7. The predicted octanol–water partition coefficient (Wildman–Crippen LogP) is 1.51. The number of imidazole rings is 1. The van der Waals surface area contributed by atoms with Crippen molar-refractivity contribution in [2.24, 2.45) is 5.92 Å². The van der Waals surface area contributed by atoms with Crippen LogP contribution in [0, 0.1) is 9.62 Å².